The molecule has 0 spiro atoms. The molecule has 1 aromatic carbocycles. The molecule has 0 saturated carbocycles. The molecule has 3 nitrogen and oxygen atoms in total. The maximum atomic E-state index is 11.8. The predicted molar refractivity (Wildman–Crippen MR) is 80.3 cm³/mol. The highest BCUT2D eigenvalue weighted by molar-refractivity contribution is 5.75. The first kappa shape index (κ1) is 15.7. The fourth-order valence-electron chi connectivity index (χ4n) is 1.97. The summed E-state index contributed by atoms with van der Waals surface area (Å²) in [5, 5.41) is 3.06. The third-order valence-electron chi connectivity index (χ3n) is 3.41. The van der Waals surface area contributed by atoms with Crippen molar-refractivity contribution >= 4 is 5.91 Å². The van der Waals surface area contributed by atoms with Gasteiger partial charge in [-0.1, -0.05) is 31.2 Å². The van der Waals surface area contributed by atoms with Crippen LogP contribution in [0.2, 0.25) is 0 Å². The number of hydrogen-bond donors (Lipinski definition) is 1. The van der Waals surface area contributed by atoms with Crippen LogP contribution in [0.4, 0.5) is 0 Å². The largest absolute Gasteiger partial charge is 0.345 e. The van der Waals surface area contributed by atoms with E-state index in [9.17, 15) is 4.79 Å². The lowest BCUT2D eigenvalue weighted by molar-refractivity contribution is -0.129. The SMILES string of the molecule is CCc1ccc(CCN(C)C(=O)CCCNC)cc1. The number of benzene rings is 1. The molecule has 1 rings (SSSR count). The van der Waals surface area contributed by atoms with Gasteiger partial charge in [-0.25, -0.2) is 0 Å². The predicted octanol–water partition coefficient (Wildman–Crippen LogP) is 2.25. The molecule has 0 aliphatic carbocycles. The molecule has 3 heteroatoms. The first-order valence-corrected chi connectivity index (χ1v) is 7.13. The zero-order chi connectivity index (χ0) is 14.1. The molecule has 0 aliphatic heterocycles. The van der Waals surface area contributed by atoms with Crippen molar-refractivity contribution in [1.82, 2.24) is 10.2 Å². The maximum absolute atomic E-state index is 11.8. The highest BCUT2D eigenvalue weighted by Crippen LogP contribution is 2.06. The molecule has 19 heavy (non-hydrogen) atoms. The van der Waals surface area contributed by atoms with E-state index in [4.69, 9.17) is 0 Å². The number of aryl methyl sites for hydroxylation is 1. The molecule has 0 aromatic heterocycles. The molecular weight excluding hydrogens is 236 g/mol. The fraction of sp³-hybridized carbons (Fsp3) is 0.562. The van der Waals surface area contributed by atoms with Crippen LogP contribution in [0.25, 0.3) is 0 Å². The first-order chi connectivity index (χ1) is 9.17. The van der Waals surface area contributed by atoms with Crippen LogP contribution in [0.3, 0.4) is 0 Å². The zero-order valence-corrected chi connectivity index (χ0v) is 12.4. The van der Waals surface area contributed by atoms with Crippen LogP contribution in [-0.4, -0.2) is 38.0 Å². The molecule has 0 radical (unpaired) electrons. The lowest BCUT2D eigenvalue weighted by Gasteiger charge is -2.17. The minimum Gasteiger partial charge on any atom is -0.345 e. The Morgan fingerprint density at radius 3 is 2.42 bits per heavy atom. The Kier molecular flexibility index (Phi) is 7.19. The van der Waals surface area contributed by atoms with Crippen molar-refractivity contribution in [3.8, 4) is 0 Å². The number of rotatable bonds is 8. The number of hydrogen-bond acceptors (Lipinski definition) is 2. The highest BCUT2D eigenvalue weighted by atomic mass is 16.2. The fourth-order valence-corrected chi connectivity index (χ4v) is 1.97. The normalized spacial score (nSPS) is 10.5. The van der Waals surface area contributed by atoms with E-state index in [-0.39, 0.29) is 5.91 Å². The highest BCUT2D eigenvalue weighted by Gasteiger charge is 2.07. The molecule has 0 unspecified atom stereocenters. The molecule has 1 aromatic rings. The van der Waals surface area contributed by atoms with Crippen LogP contribution >= 0.6 is 0 Å². The van der Waals surface area contributed by atoms with Gasteiger partial charge in [-0.15, -0.1) is 0 Å². The van der Waals surface area contributed by atoms with Crippen molar-refractivity contribution in [2.45, 2.75) is 32.6 Å². The van der Waals surface area contributed by atoms with Gasteiger partial charge < -0.3 is 10.2 Å². The van der Waals surface area contributed by atoms with Crippen LogP contribution < -0.4 is 5.32 Å². The lowest BCUT2D eigenvalue weighted by Crippen LogP contribution is -2.29. The Morgan fingerprint density at radius 2 is 1.84 bits per heavy atom. The smallest absolute Gasteiger partial charge is 0.222 e. The van der Waals surface area contributed by atoms with E-state index in [2.05, 4.69) is 36.5 Å². The topological polar surface area (TPSA) is 32.3 Å². The molecule has 1 amide bonds. The molecule has 0 atom stereocenters. The van der Waals surface area contributed by atoms with E-state index < -0.39 is 0 Å². The summed E-state index contributed by atoms with van der Waals surface area (Å²) in [6, 6.07) is 8.67. The summed E-state index contributed by atoms with van der Waals surface area (Å²) in [4.78, 5) is 13.7. The summed E-state index contributed by atoms with van der Waals surface area (Å²) < 4.78 is 0. The van der Waals surface area contributed by atoms with Gasteiger partial charge in [0, 0.05) is 20.0 Å². The number of carbonyl (C=O) groups is 1. The quantitative estimate of drug-likeness (QED) is 0.729. The standard InChI is InChI=1S/C16H26N2O/c1-4-14-7-9-15(10-8-14)11-13-18(3)16(19)6-5-12-17-2/h7-10,17H,4-6,11-13H2,1-3H3. The van der Waals surface area contributed by atoms with E-state index >= 15 is 0 Å². The number of likely N-dealkylation sites (N-methyl/N-ethyl adjacent to an activating group) is 1. The Labute approximate surface area is 117 Å². The van der Waals surface area contributed by atoms with Gasteiger partial charge in [-0.05, 0) is 44.0 Å². The van der Waals surface area contributed by atoms with Gasteiger partial charge in [0.2, 0.25) is 5.91 Å². The van der Waals surface area contributed by atoms with Crippen LogP contribution in [0.15, 0.2) is 24.3 Å². The second kappa shape index (κ2) is 8.70. The Bertz CT molecular complexity index is 373. The summed E-state index contributed by atoms with van der Waals surface area (Å²) in [7, 11) is 3.80. The van der Waals surface area contributed by atoms with Crippen molar-refractivity contribution in [3.05, 3.63) is 35.4 Å². The van der Waals surface area contributed by atoms with Gasteiger partial charge >= 0.3 is 0 Å². The van der Waals surface area contributed by atoms with E-state index in [1.807, 2.05) is 19.0 Å². The molecule has 1 N–H and O–H groups in total. The average molecular weight is 262 g/mol. The van der Waals surface area contributed by atoms with Gasteiger partial charge in [-0.3, -0.25) is 4.79 Å². The van der Waals surface area contributed by atoms with Crippen molar-refractivity contribution in [1.29, 1.82) is 0 Å². The Balaban J connectivity index is 2.32. The number of amides is 1. The second-order valence-corrected chi connectivity index (χ2v) is 4.94. The minimum absolute atomic E-state index is 0.237. The third kappa shape index (κ3) is 5.88. The average Bonchev–Trinajstić information content (AvgIpc) is 2.45. The second-order valence-electron chi connectivity index (χ2n) is 4.94. The molecule has 0 fully saturated rings. The van der Waals surface area contributed by atoms with Crippen LogP contribution in [-0.2, 0) is 17.6 Å². The summed E-state index contributed by atoms with van der Waals surface area (Å²) >= 11 is 0. The van der Waals surface area contributed by atoms with Gasteiger partial charge in [0.25, 0.3) is 0 Å². The van der Waals surface area contributed by atoms with E-state index in [0.717, 1.165) is 32.4 Å². The number of carbonyl (C=O) groups excluding carboxylic acids is 1. The summed E-state index contributed by atoms with van der Waals surface area (Å²) in [5.41, 5.74) is 2.66. The molecule has 0 aliphatic rings. The summed E-state index contributed by atoms with van der Waals surface area (Å²) in [5.74, 6) is 0.237. The van der Waals surface area contributed by atoms with E-state index in [1.54, 1.807) is 0 Å². The summed E-state index contributed by atoms with van der Waals surface area (Å²) in [6.45, 7) is 3.86. The zero-order valence-electron chi connectivity index (χ0n) is 12.4. The van der Waals surface area contributed by atoms with Crippen molar-refractivity contribution < 1.29 is 4.79 Å². The molecule has 0 bridgehead atoms. The third-order valence-corrected chi connectivity index (χ3v) is 3.41. The monoisotopic (exact) mass is 262 g/mol. The molecule has 0 heterocycles. The van der Waals surface area contributed by atoms with E-state index in [0.29, 0.717) is 6.42 Å². The summed E-state index contributed by atoms with van der Waals surface area (Å²) in [6.07, 6.45) is 3.54. The molecular formula is C16H26N2O. The lowest BCUT2D eigenvalue weighted by atomic mass is 10.1. The van der Waals surface area contributed by atoms with Crippen LogP contribution in [0.1, 0.15) is 30.9 Å². The van der Waals surface area contributed by atoms with Crippen LogP contribution in [0.5, 0.6) is 0 Å². The van der Waals surface area contributed by atoms with Crippen molar-refractivity contribution in [2.24, 2.45) is 0 Å². The van der Waals surface area contributed by atoms with Gasteiger partial charge in [0.1, 0.15) is 0 Å². The van der Waals surface area contributed by atoms with E-state index in [1.165, 1.54) is 11.1 Å². The first-order valence-electron chi connectivity index (χ1n) is 7.13. The molecule has 0 saturated heterocycles. The van der Waals surface area contributed by atoms with Gasteiger partial charge in [0.05, 0.1) is 0 Å². The maximum Gasteiger partial charge on any atom is 0.222 e. The number of nitrogens with one attached hydrogen (secondary N) is 1. The Hall–Kier alpha value is -1.35. The minimum atomic E-state index is 0.237. The molecule has 106 valence electrons. The van der Waals surface area contributed by atoms with Crippen molar-refractivity contribution in [3.63, 3.8) is 0 Å². The Morgan fingerprint density at radius 1 is 1.21 bits per heavy atom. The van der Waals surface area contributed by atoms with Crippen molar-refractivity contribution in [2.75, 3.05) is 27.2 Å². The van der Waals surface area contributed by atoms with Gasteiger partial charge in [-0.2, -0.15) is 0 Å². The van der Waals surface area contributed by atoms with Gasteiger partial charge in [0.15, 0.2) is 0 Å². The van der Waals surface area contributed by atoms with Crippen LogP contribution in [0, 0.1) is 0 Å². The number of nitrogens with zero attached hydrogens (tertiary/aromatic N) is 1.